The Hall–Kier alpha value is -2.29. The highest BCUT2D eigenvalue weighted by atomic mass is 127. The Labute approximate surface area is 184 Å². The number of halogens is 1. The topological polar surface area (TPSA) is 66.0 Å². The normalized spacial score (nSPS) is 10.6. The molecule has 2 N–H and O–H groups in total. The van der Waals surface area contributed by atoms with Gasteiger partial charge in [-0.2, -0.15) is 0 Å². The van der Waals surface area contributed by atoms with Gasteiger partial charge in [0.2, 0.25) is 0 Å². The summed E-state index contributed by atoms with van der Waals surface area (Å²) in [5.41, 5.74) is 2.83. The van der Waals surface area contributed by atoms with E-state index < -0.39 is 0 Å². The van der Waals surface area contributed by atoms with Gasteiger partial charge in [0, 0.05) is 45.4 Å². The van der Waals surface area contributed by atoms with Crippen LogP contribution in [0.1, 0.15) is 28.4 Å². The molecule has 0 aliphatic heterocycles. The summed E-state index contributed by atoms with van der Waals surface area (Å²) >= 11 is 0. The quantitative estimate of drug-likeness (QED) is 0.351. The number of para-hydroxylation sites is 1. The summed E-state index contributed by atoms with van der Waals surface area (Å²) in [5.74, 6) is 1.58. The highest BCUT2D eigenvalue weighted by Gasteiger charge is 2.08. The largest absolute Gasteiger partial charge is 0.494 e. The Morgan fingerprint density at radius 3 is 2.29 bits per heavy atom. The molecule has 0 fully saturated rings. The molecule has 0 radical (unpaired) electrons. The van der Waals surface area contributed by atoms with Crippen LogP contribution in [0.3, 0.4) is 0 Å². The second-order valence-electron chi connectivity index (χ2n) is 6.22. The molecule has 28 heavy (non-hydrogen) atoms. The molecule has 0 spiro atoms. The second kappa shape index (κ2) is 12.2. The summed E-state index contributed by atoms with van der Waals surface area (Å²) in [7, 11) is 5.23. The SMILES string of the molecule is CCOc1ccccc1CNC(=NC)NCc1ccc(C(=O)N(C)C)cc1.I. The first-order chi connectivity index (χ1) is 13.0. The third kappa shape index (κ3) is 7.03. The van der Waals surface area contributed by atoms with Crippen molar-refractivity contribution in [2.45, 2.75) is 20.0 Å². The number of nitrogens with one attached hydrogen (secondary N) is 2. The summed E-state index contributed by atoms with van der Waals surface area (Å²) < 4.78 is 5.65. The molecule has 0 bridgehead atoms. The molecule has 0 saturated carbocycles. The van der Waals surface area contributed by atoms with E-state index in [0.29, 0.717) is 31.2 Å². The molecule has 6 nitrogen and oxygen atoms in total. The lowest BCUT2D eigenvalue weighted by Crippen LogP contribution is -2.36. The minimum absolute atomic E-state index is 0. The Balaban J connectivity index is 0.00000392. The fraction of sp³-hybridized carbons (Fsp3) is 0.333. The maximum absolute atomic E-state index is 11.9. The van der Waals surface area contributed by atoms with Gasteiger partial charge in [-0.1, -0.05) is 30.3 Å². The predicted octanol–water partition coefficient (Wildman–Crippen LogP) is 3.27. The zero-order valence-corrected chi connectivity index (χ0v) is 19.2. The number of carbonyl (C=O) groups excluding carboxylic acids is 1. The molecule has 0 atom stereocenters. The lowest BCUT2D eigenvalue weighted by atomic mass is 10.1. The van der Waals surface area contributed by atoms with Crippen LogP contribution < -0.4 is 15.4 Å². The van der Waals surface area contributed by atoms with Crippen molar-refractivity contribution in [2.24, 2.45) is 4.99 Å². The molecule has 2 aromatic carbocycles. The van der Waals surface area contributed by atoms with Crippen molar-refractivity contribution in [3.63, 3.8) is 0 Å². The molecule has 0 heterocycles. The molecule has 0 aliphatic rings. The van der Waals surface area contributed by atoms with Gasteiger partial charge in [0.1, 0.15) is 5.75 Å². The summed E-state index contributed by atoms with van der Waals surface area (Å²) in [6.45, 7) is 3.84. The Kier molecular flexibility index (Phi) is 10.4. The second-order valence-corrected chi connectivity index (χ2v) is 6.22. The monoisotopic (exact) mass is 496 g/mol. The van der Waals surface area contributed by atoms with Crippen LogP contribution in [-0.4, -0.2) is 44.5 Å². The first-order valence-corrected chi connectivity index (χ1v) is 9.01. The maximum atomic E-state index is 11.9. The van der Waals surface area contributed by atoms with Crippen LogP contribution >= 0.6 is 24.0 Å². The van der Waals surface area contributed by atoms with Gasteiger partial charge in [0.05, 0.1) is 6.61 Å². The van der Waals surface area contributed by atoms with Crippen LogP contribution in [0, 0.1) is 0 Å². The van der Waals surface area contributed by atoms with E-state index >= 15 is 0 Å². The Morgan fingerprint density at radius 1 is 1.04 bits per heavy atom. The number of guanidine groups is 1. The number of hydrogen-bond acceptors (Lipinski definition) is 3. The Bertz CT molecular complexity index is 776. The molecule has 1 amide bonds. The van der Waals surface area contributed by atoms with Gasteiger partial charge in [-0.05, 0) is 30.7 Å². The van der Waals surface area contributed by atoms with Crippen molar-refractivity contribution in [1.29, 1.82) is 0 Å². The molecule has 7 heteroatoms. The zero-order chi connectivity index (χ0) is 19.6. The first-order valence-electron chi connectivity index (χ1n) is 9.01. The van der Waals surface area contributed by atoms with E-state index in [1.807, 2.05) is 55.5 Å². The number of carbonyl (C=O) groups is 1. The number of ether oxygens (including phenoxy) is 1. The van der Waals surface area contributed by atoms with E-state index in [0.717, 1.165) is 16.9 Å². The van der Waals surface area contributed by atoms with E-state index in [-0.39, 0.29) is 29.9 Å². The fourth-order valence-electron chi connectivity index (χ4n) is 2.55. The lowest BCUT2D eigenvalue weighted by molar-refractivity contribution is 0.0827. The van der Waals surface area contributed by atoms with Crippen LogP contribution in [0.5, 0.6) is 5.75 Å². The van der Waals surface area contributed by atoms with Crippen LogP contribution in [0.15, 0.2) is 53.5 Å². The Morgan fingerprint density at radius 2 is 1.68 bits per heavy atom. The van der Waals surface area contributed by atoms with Crippen LogP contribution in [0.25, 0.3) is 0 Å². The zero-order valence-electron chi connectivity index (χ0n) is 16.9. The van der Waals surface area contributed by atoms with Crippen molar-refractivity contribution < 1.29 is 9.53 Å². The number of amides is 1. The van der Waals surface area contributed by atoms with E-state index in [9.17, 15) is 4.79 Å². The summed E-state index contributed by atoms with van der Waals surface area (Å²) in [5, 5.41) is 6.58. The number of benzene rings is 2. The van der Waals surface area contributed by atoms with Crippen LogP contribution in [0.2, 0.25) is 0 Å². The van der Waals surface area contributed by atoms with Gasteiger partial charge in [0.15, 0.2) is 5.96 Å². The minimum atomic E-state index is -0.0000472. The third-order valence-corrected chi connectivity index (χ3v) is 4.01. The number of hydrogen-bond donors (Lipinski definition) is 2. The maximum Gasteiger partial charge on any atom is 0.253 e. The molecule has 2 rings (SSSR count). The summed E-state index contributed by atoms with van der Waals surface area (Å²) in [6, 6.07) is 15.5. The van der Waals surface area contributed by atoms with E-state index in [1.54, 1.807) is 26.0 Å². The first kappa shape index (κ1) is 23.7. The van der Waals surface area contributed by atoms with Gasteiger partial charge in [-0.25, -0.2) is 0 Å². The van der Waals surface area contributed by atoms with E-state index in [1.165, 1.54) is 0 Å². The standard InChI is InChI=1S/C21H28N4O2.HI/c1-5-27-19-9-7-6-8-18(19)15-24-21(22-2)23-14-16-10-12-17(13-11-16)20(26)25(3)4;/h6-13H,5,14-15H2,1-4H3,(H2,22,23,24);1H. The number of rotatable bonds is 7. The van der Waals surface area contributed by atoms with Gasteiger partial charge in [-0.3, -0.25) is 9.79 Å². The molecule has 0 aromatic heterocycles. The smallest absolute Gasteiger partial charge is 0.253 e. The van der Waals surface area contributed by atoms with Gasteiger partial charge in [-0.15, -0.1) is 24.0 Å². The molecular formula is C21H29IN4O2. The number of aliphatic imine (C=N–C) groups is 1. The molecule has 2 aromatic rings. The van der Waals surface area contributed by atoms with Crippen molar-refractivity contribution in [3.8, 4) is 5.75 Å². The van der Waals surface area contributed by atoms with Crippen LogP contribution in [-0.2, 0) is 13.1 Å². The van der Waals surface area contributed by atoms with Gasteiger partial charge in [0.25, 0.3) is 5.91 Å². The highest BCUT2D eigenvalue weighted by Crippen LogP contribution is 2.17. The summed E-state index contributed by atoms with van der Waals surface area (Å²) in [4.78, 5) is 17.8. The van der Waals surface area contributed by atoms with Crippen molar-refractivity contribution >= 4 is 35.8 Å². The van der Waals surface area contributed by atoms with Crippen molar-refractivity contribution in [3.05, 3.63) is 65.2 Å². The number of nitrogens with zero attached hydrogens (tertiary/aromatic N) is 2. The van der Waals surface area contributed by atoms with E-state index in [4.69, 9.17) is 4.74 Å². The minimum Gasteiger partial charge on any atom is -0.494 e. The molecular weight excluding hydrogens is 467 g/mol. The predicted molar refractivity (Wildman–Crippen MR) is 125 cm³/mol. The van der Waals surface area contributed by atoms with Gasteiger partial charge < -0.3 is 20.3 Å². The average molecular weight is 496 g/mol. The van der Waals surface area contributed by atoms with E-state index in [2.05, 4.69) is 15.6 Å². The highest BCUT2D eigenvalue weighted by molar-refractivity contribution is 14.0. The molecule has 152 valence electrons. The van der Waals surface area contributed by atoms with Crippen molar-refractivity contribution in [2.75, 3.05) is 27.7 Å². The fourth-order valence-corrected chi connectivity index (χ4v) is 2.55. The average Bonchev–Trinajstić information content (AvgIpc) is 2.69. The molecule has 0 aliphatic carbocycles. The molecule has 0 unspecified atom stereocenters. The third-order valence-electron chi connectivity index (χ3n) is 4.01. The van der Waals surface area contributed by atoms with Crippen molar-refractivity contribution in [1.82, 2.24) is 15.5 Å². The van der Waals surface area contributed by atoms with Gasteiger partial charge >= 0.3 is 0 Å². The van der Waals surface area contributed by atoms with Crippen LogP contribution in [0.4, 0.5) is 0 Å². The molecule has 0 saturated heterocycles. The summed E-state index contributed by atoms with van der Waals surface area (Å²) in [6.07, 6.45) is 0. The lowest BCUT2D eigenvalue weighted by Gasteiger charge is -2.15.